The predicted octanol–water partition coefficient (Wildman–Crippen LogP) is 4.62. The second-order valence-electron chi connectivity index (χ2n) is 7.15. The Kier molecular flexibility index (Phi) is 8.74. The summed E-state index contributed by atoms with van der Waals surface area (Å²) < 4.78 is 5.73. The summed E-state index contributed by atoms with van der Waals surface area (Å²) >= 11 is 0. The Bertz CT molecular complexity index is 793. The molecule has 0 aromatic heterocycles. The molecular formula is C24H28O5. The molecule has 2 aromatic rings. The highest BCUT2D eigenvalue weighted by molar-refractivity contribution is 6.04. The monoisotopic (exact) mass is 396 g/mol. The fraction of sp³-hybridized carbons (Fsp3) is 0.375. The van der Waals surface area contributed by atoms with E-state index in [4.69, 9.17) is 9.84 Å². The van der Waals surface area contributed by atoms with E-state index in [1.165, 1.54) is 0 Å². The number of carbonyl (C=O) groups excluding carboxylic acids is 3. The van der Waals surface area contributed by atoms with Crippen molar-refractivity contribution in [2.75, 3.05) is 6.61 Å². The van der Waals surface area contributed by atoms with Crippen LogP contribution in [-0.4, -0.2) is 29.1 Å². The van der Waals surface area contributed by atoms with Crippen LogP contribution in [0, 0.1) is 11.8 Å². The molecule has 0 radical (unpaired) electrons. The molecule has 154 valence electrons. The van der Waals surface area contributed by atoms with Crippen LogP contribution in [0.3, 0.4) is 0 Å². The Hall–Kier alpha value is -2.79. The van der Waals surface area contributed by atoms with Gasteiger partial charge in [0.05, 0.1) is 5.92 Å². The zero-order valence-corrected chi connectivity index (χ0v) is 17.0. The van der Waals surface area contributed by atoms with Crippen LogP contribution < -0.4 is 4.74 Å². The molecule has 5 heteroatoms. The van der Waals surface area contributed by atoms with Gasteiger partial charge in [-0.15, -0.1) is 0 Å². The molecule has 29 heavy (non-hydrogen) atoms. The van der Waals surface area contributed by atoms with Gasteiger partial charge in [-0.2, -0.15) is 0 Å². The van der Waals surface area contributed by atoms with E-state index in [2.05, 4.69) is 0 Å². The fourth-order valence-electron chi connectivity index (χ4n) is 3.20. The predicted molar refractivity (Wildman–Crippen MR) is 111 cm³/mol. The van der Waals surface area contributed by atoms with Gasteiger partial charge < -0.3 is 9.84 Å². The minimum Gasteiger partial charge on any atom is -0.457 e. The van der Waals surface area contributed by atoms with Gasteiger partial charge in [0.25, 0.3) is 0 Å². The Morgan fingerprint density at radius 2 is 1.48 bits per heavy atom. The zero-order chi connectivity index (χ0) is 21.2. The largest absolute Gasteiger partial charge is 0.457 e. The van der Waals surface area contributed by atoms with E-state index in [1.54, 1.807) is 31.2 Å². The summed E-state index contributed by atoms with van der Waals surface area (Å²) in [6.07, 6.45) is 1.05. The van der Waals surface area contributed by atoms with Gasteiger partial charge in [-0.25, -0.2) is 0 Å². The summed E-state index contributed by atoms with van der Waals surface area (Å²) in [5.41, 5.74) is 0.509. The van der Waals surface area contributed by atoms with Crippen molar-refractivity contribution in [3.63, 3.8) is 0 Å². The van der Waals surface area contributed by atoms with E-state index in [-0.39, 0.29) is 36.8 Å². The van der Waals surface area contributed by atoms with Gasteiger partial charge in [0.1, 0.15) is 23.1 Å². The summed E-state index contributed by atoms with van der Waals surface area (Å²) in [6, 6.07) is 16.2. The standard InChI is InChI=1S/C24H28O5/c1-3-7-22(26)21(23(27)14-15-25)16-17(2)24(28)18-10-12-20(13-11-18)29-19-8-5-4-6-9-19/h4-6,8-13,17,21,25H,3,7,14-16H2,1-2H3. The zero-order valence-electron chi connectivity index (χ0n) is 17.0. The summed E-state index contributed by atoms with van der Waals surface area (Å²) in [4.78, 5) is 37.4. The summed E-state index contributed by atoms with van der Waals surface area (Å²) in [6.45, 7) is 3.31. The first kappa shape index (κ1) is 22.5. The third-order valence-corrected chi connectivity index (χ3v) is 4.79. The lowest BCUT2D eigenvalue weighted by Crippen LogP contribution is -2.29. The molecule has 0 amide bonds. The van der Waals surface area contributed by atoms with Crippen LogP contribution >= 0.6 is 0 Å². The Labute approximate surface area is 171 Å². The number of hydrogen-bond acceptors (Lipinski definition) is 5. The van der Waals surface area contributed by atoms with Crippen molar-refractivity contribution in [1.29, 1.82) is 0 Å². The molecule has 2 unspecified atom stereocenters. The molecule has 0 spiro atoms. The average molecular weight is 396 g/mol. The second-order valence-corrected chi connectivity index (χ2v) is 7.15. The summed E-state index contributed by atoms with van der Waals surface area (Å²) in [5, 5.41) is 9.04. The molecule has 2 aromatic carbocycles. The van der Waals surface area contributed by atoms with Crippen LogP contribution in [0.5, 0.6) is 11.5 Å². The molecule has 0 aliphatic rings. The molecule has 0 saturated heterocycles. The summed E-state index contributed by atoms with van der Waals surface area (Å²) in [7, 11) is 0. The maximum Gasteiger partial charge on any atom is 0.165 e. The van der Waals surface area contributed by atoms with Gasteiger partial charge in [0, 0.05) is 30.9 Å². The highest BCUT2D eigenvalue weighted by Gasteiger charge is 2.29. The minimum atomic E-state index is -0.832. The molecule has 0 bridgehead atoms. The third-order valence-electron chi connectivity index (χ3n) is 4.79. The Morgan fingerprint density at radius 3 is 2.07 bits per heavy atom. The Balaban J connectivity index is 2.05. The van der Waals surface area contributed by atoms with Crippen LogP contribution in [0.1, 0.15) is 49.9 Å². The molecular weight excluding hydrogens is 368 g/mol. The Morgan fingerprint density at radius 1 is 0.897 bits per heavy atom. The van der Waals surface area contributed by atoms with Crippen molar-refractivity contribution < 1.29 is 24.2 Å². The molecule has 0 saturated carbocycles. The molecule has 0 heterocycles. The fourth-order valence-corrected chi connectivity index (χ4v) is 3.20. The highest BCUT2D eigenvalue weighted by atomic mass is 16.5. The maximum atomic E-state index is 12.8. The number of aliphatic hydroxyl groups excluding tert-OH is 1. The molecule has 2 atom stereocenters. The molecule has 0 fully saturated rings. The minimum absolute atomic E-state index is 0.0629. The van der Waals surface area contributed by atoms with Gasteiger partial charge in [-0.05, 0) is 49.2 Å². The lowest BCUT2D eigenvalue weighted by molar-refractivity contribution is -0.133. The van der Waals surface area contributed by atoms with E-state index in [1.807, 2.05) is 37.3 Å². The quantitative estimate of drug-likeness (QED) is 0.418. The van der Waals surface area contributed by atoms with Crippen molar-refractivity contribution in [2.45, 2.75) is 39.5 Å². The number of aliphatic hydroxyl groups is 1. The first-order valence-corrected chi connectivity index (χ1v) is 9.99. The van der Waals surface area contributed by atoms with Crippen molar-refractivity contribution >= 4 is 17.3 Å². The molecule has 5 nitrogen and oxygen atoms in total. The number of hydrogen-bond donors (Lipinski definition) is 1. The number of carbonyl (C=O) groups is 3. The number of ether oxygens (including phenoxy) is 1. The van der Waals surface area contributed by atoms with E-state index >= 15 is 0 Å². The summed E-state index contributed by atoms with van der Waals surface area (Å²) in [5.74, 6) is -0.558. The van der Waals surface area contributed by atoms with Gasteiger partial charge in [0.15, 0.2) is 5.78 Å². The van der Waals surface area contributed by atoms with E-state index in [0.717, 1.165) is 0 Å². The van der Waals surface area contributed by atoms with Crippen LogP contribution in [0.15, 0.2) is 54.6 Å². The molecule has 0 aliphatic carbocycles. The lowest BCUT2D eigenvalue weighted by Gasteiger charge is -2.18. The van der Waals surface area contributed by atoms with Crippen molar-refractivity contribution in [2.24, 2.45) is 11.8 Å². The second kappa shape index (κ2) is 11.3. The molecule has 2 rings (SSSR count). The number of Topliss-reactive ketones (excluding diaryl/α,β-unsaturated/α-hetero) is 3. The number of para-hydroxylation sites is 1. The first-order chi connectivity index (χ1) is 14.0. The topological polar surface area (TPSA) is 80.7 Å². The van der Waals surface area contributed by atoms with Crippen LogP contribution in [0.2, 0.25) is 0 Å². The third kappa shape index (κ3) is 6.64. The van der Waals surface area contributed by atoms with Gasteiger partial charge >= 0.3 is 0 Å². The van der Waals surface area contributed by atoms with Crippen molar-refractivity contribution in [1.82, 2.24) is 0 Å². The smallest absolute Gasteiger partial charge is 0.165 e. The highest BCUT2D eigenvalue weighted by Crippen LogP contribution is 2.25. The SMILES string of the molecule is CCCC(=O)C(CC(C)C(=O)c1ccc(Oc2ccccc2)cc1)C(=O)CCO. The normalized spacial score (nSPS) is 12.8. The lowest BCUT2D eigenvalue weighted by atomic mass is 9.83. The van der Waals surface area contributed by atoms with E-state index < -0.39 is 11.8 Å². The van der Waals surface area contributed by atoms with Crippen molar-refractivity contribution in [3.8, 4) is 11.5 Å². The van der Waals surface area contributed by atoms with Crippen molar-refractivity contribution in [3.05, 3.63) is 60.2 Å². The molecule has 1 N–H and O–H groups in total. The van der Waals surface area contributed by atoms with Crippen LogP contribution in [0.25, 0.3) is 0 Å². The van der Waals surface area contributed by atoms with Crippen LogP contribution in [-0.2, 0) is 9.59 Å². The maximum absolute atomic E-state index is 12.8. The van der Waals surface area contributed by atoms with Crippen LogP contribution in [0.4, 0.5) is 0 Å². The number of benzene rings is 2. The van der Waals surface area contributed by atoms with Gasteiger partial charge in [0.2, 0.25) is 0 Å². The first-order valence-electron chi connectivity index (χ1n) is 9.99. The van der Waals surface area contributed by atoms with E-state index in [9.17, 15) is 14.4 Å². The van der Waals surface area contributed by atoms with Gasteiger partial charge in [-0.1, -0.05) is 32.0 Å². The molecule has 0 aliphatic heterocycles. The van der Waals surface area contributed by atoms with E-state index in [0.29, 0.717) is 29.9 Å². The number of rotatable bonds is 12. The van der Waals surface area contributed by atoms with Gasteiger partial charge in [-0.3, -0.25) is 14.4 Å². The number of ketones is 3. The average Bonchev–Trinajstić information content (AvgIpc) is 2.73.